The molecule has 1 atom stereocenters. The molecule has 0 aliphatic carbocycles. The highest BCUT2D eigenvalue weighted by Crippen LogP contribution is 2.33. The molecular weight excluding hydrogens is 296 g/mol. The Morgan fingerprint density at radius 3 is 2.76 bits per heavy atom. The molecule has 2 rings (SSSR count). The minimum absolute atomic E-state index is 0.0906. The molecule has 0 aromatic heterocycles. The quantitative estimate of drug-likeness (QED) is 0.864. The van der Waals surface area contributed by atoms with Crippen molar-refractivity contribution in [2.24, 2.45) is 5.92 Å². The Morgan fingerprint density at radius 1 is 1.43 bits per heavy atom. The molecule has 1 aliphatic heterocycles. The SMILES string of the molecule is COC(=O)C1CC(=O)N(c2cc(NC(C)=O)ccc2Cl)C1. The van der Waals surface area contributed by atoms with Crippen LogP contribution in [0, 0.1) is 5.92 Å². The van der Waals surface area contributed by atoms with Gasteiger partial charge in [-0.2, -0.15) is 0 Å². The highest BCUT2D eigenvalue weighted by molar-refractivity contribution is 6.34. The molecule has 0 radical (unpaired) electrons. The number of esters is 1. The van der Waals surface area contributed by atoms with E-state index < -0.39 is 11.9 Å². The van der Waals surface area contributed by atoms with Crippen molar-refractivity contribution in [1.29, 1.82) is 0 Å². The number of carbonyl (C=O) groups excluding carboxylic acids is 3. The normalized spacial score (nSPS) is 17.8. The van der Waals surface area contributed by atoms with Gasteiger partial charge in [0.25, 0.3) is 0 Å². The summed E-state index contributed by atoms with van der Waals surface area (Å²) in [4.78, 5) is 36.1. The number of hydrogen-bond donors (Lipinski definition) is 1. The van der Waals surface area contributed by atoms with Gasteiger partial charge in [-0.3, -0.25) is 14.4 Å². The molecule has 21 heavy (non-hydrogen) atoms. The van der Waals surface area contributed by atoms with Crippen LogP contribution in [0.25, 0.3) is 0 Å². The highest BCUT2D eigenvalue weighted by Gasteiger charge is 2.36. The van der Waals surface area contributed by atoms with E-state index >= 15 is 0 Å². The van der Waals surface area contributed by atoms with Gasteiger partial charge in [0.2, 0.25) is 11.8 Å². The summed E-state index contributed by atoms with van der Waals surface area (Å²) in [7, 11) is 1.29. The third-order valence-corrected chi connectivity index (χ3v) is 3.54. The Bertz CT molecular complexity index is 603. The number of benzene rings is 1. The minimum atomic E-state index is -0.497. The summed E-state index contributed by atoms with van der Waals surface area (Å²) in [6.45, 7) is 1.61. The molecule has 1 aromatic carbocycles. The van der Waals surface area contributed by atoms with Gasteiger partial charge in [-0.1, -0.05) is 11.6 Å². The zero-order valence-electron chi connectivity index (χ0n) is 11.7. The first-order valence-corrected chi connectivity index (χ1v) is 6.75. The molecule has 0 spiro atoms. The molecule has 1 N–H and O–H groups in total. The van der Waals surface area contributed by atoms with Gasteiger partial charge < -0.3 is 15.0 Å². The summed E-state index contributed by atoms with van der Waals surface area (Å²) in [5.74, 6) is -1.33. The van der Waals surface area contributed by atoms with Crippen LogP contribution in [0.1, 0.15) is 13.3 Å². The minimum Gasteiger partial charge on any atom is -0.469 e. The van der Waals surface area contributed by atoms with Crippen LogP contribution < -0.4 is 10.2 Å². The number of nitrogens with zero attached hydrogens (tertiary/aromatic N) is 1. The lowest BCUT2D eigenvalue weighted by Crippen LogP contribution is -2.26. The van der Waals surface area contributed by atoms with E-state index in [1.54, 1.807) is 18.2 Å². The summed E-state index contributed by atoms with van der Waals surface area (Å²) in [5, 5.41) is 3.01. The van der Waals surface area contributed by atoms with Crippen molar-refractivity contribution < 1.29 is 19.1 Å². The molecule has 1 heterocycles. The van der Waals surface area contributed by atoms with Crippen LogP contribution >= 0.6 is 11.6 Å². The van der Waals surface area contributed by atoms with Crippen LogP contribution in [-0.2, 0) is 19.1 Å². The van der Waals surface area contributed by atoms with Gasteiger partial charge in [0.1, 0.15) is 0 Å². The first kappa shape index (κ1) is 15.3. The van der Waals surface area contributed by atoms with E-state index in [1.165, 1.54) is 18.9 Å². The second kappa shape index (κ2) is 6.13. The summed E-state index contributed by atoms with van der Waals surface area (Å²) >= 11 is 6.12. The number of halogens is 1. The second-order valence-electron chi connectivity index (χ2n) is 4.78. The summed E-state index contributed by atoms with van der Waals surface area (Å²) in [5.41, 5.74) is 1.01. The molecule has 112 valence electrons. The van der Waals surface area contributed by atoms with Crippen molar-refractivity contribution in [2.75, 3.05) is 23.9 Å². The third-order valence-electron chi connectivity index (χ3n) is 3.22. The maximum absolute atomic E-state index is 12.1. The largest absolute Gasteiger partial charge is 0.469 e. The summed E-state index contributed by atoms with van der Waals surface area (Å²) < 4.78 is 4.67. The molecule has 1 unspecified atom stereocenters. The van der Waals surface area contributed by atoms with Crippen molar-refractivity contribution in [3.63, 3.8) is 0 Å². The fourth-order valence-electron chi connectivity index (χ4n) is 2.27. The molecule has 7 heteroatoms. The highest BCUT2D eigenvalue weighted by atomic mass is 35.5. The first-order valence-electron chi connectivity index (χ1n) is 6.37. The zero-order chi connectivity index (χ0) is 15.6. The number of methoxy groups -OCH3 is 1. The lowest BCUT2D eigenvalue weighted by atomic mass is 10.1. The number of hydrogen-bond acceptors (Lipinski definition) is 4. The molecule has 0 saturated carbocycles. The van der Waals surface area contributed by atoms with Crippen LogP contribution in [0.5, 0.6) is 0 Å². The number of rotatable bonds is 3. The summed E-state index contributed by atoms with van der Waals surface area (Å²) in [6.07, 6.45) is 0.0906. The molecule has 1 saturated heterocycles. The van der Waals surface area contributed by atoms with E-state index in [2.05, 4.69) is 10.1 Å². The molecule has 2 amide bonds. The number of ether oxygens (including phenoxy) is 1. The van der Waals surface area contributed by atoms with Crippen LogP contribution in [0.15, 0.2) is 18.2 Å². The molecule has 1 fully saturated rings. The van der Waals surface area contributed by atoms with E-state index in [9.17, 15) is 14.4 Å². The standard InChI is InChI=1S/C14H15ClN2O4/c1-8(18)16-10-3-4-11(15)12(6-10)17-7-9(5-13(17)19)14(20)21-2/h3-4,6,9H,5,7H2,1-2H3,(H,16,18). The van der Waals surface area contributed by atoms with Gasteiger partial charge in [0.15, 0.2) is 0 Å². The van der Waals surface area contributed by atoms with Crippen LogP contribution in [0.2, 0.25) is 5.02 Å². The van der Waals surface area contributed by atoms with E-state index in [0.29, 0.717) is 16.4 Å². The monoisotopic (exact) mass is 310 g/mol. The third kappa shape index (κ3) is 3.33. The number of carbonyl (C=O) groups is 3. The molecule has 1 aromatic rings. The van der Waals surface area contributed by atoms with E-state index in [4.69, 9.17) is 11.6 Å². The average Bonchev–Trinajstić information content (AvgIpc) is 2.81. The van der Waals surface area contributed by atoms with Crippen LogP contribution in [-0.4, -0.2) is 31.4 Å². The smallest absolute Gasteiger partial charge is 0.311 e. The lowest BCUT2D eigenvalue weighted by Gasteiger charge is -2.19. The first-order chi connectivity index (χ1) is 9.92. The number of amides is 2. The summed E-state index contributed by atoms with van der Waals surface area (Å²) in [6, 6.07) is 4.85. The predicted molar refractivity (Wildman–Crippen MR) is 78.2 cm³/mol. The van der Waals surface area contributed by atoms with Gasteiger partial charge in [-0.05, 0) is 18.2 Å². The fourth-order valence-corrected chi connectivity index (χ4v) is 2.49. The molecule has 6 nitrogen and oxygen atoms in total. The number of nitrogens with one attached hydrogen (secondary N) is 1. The Labute approximate surface area is 127 Å². The predicted octanol–water partition coefficient (Wildman–Crippen LogP) is 1.82. The van der Waals surface area contributed by atoms with Crippen molar-refractivity contribution in [3.05, 3.63) is 23.2 Å². The molecular formula is C14H15ClN2O4. The Balaban J connectivity index is 2.27. The fraction of sp³-hybridized carbons (Fsp3) is 0.357. The van der Waals surface area contributed by atoms with Crippen molar-refractivity contribution >= 4 is 40.8 Å². The van der Waals surface area contributed by atoms with Gasteiger partial charge in [0, 0.05) is 25.6 Å². The molecule has 0 bridgehead atoms. The zero-order valence-corrected chi connectivity index (χ0v) is 12.4. The number of anilines is 2. The van der Waals surface area contributed by atoms with Gasteiger partial charge in [-0.25, -0.2) is 0 Å². The van der Waals surface area contributed by atoms with Gasteiger partial charge in [-0.15, -0.1) is 0 Å². The topological polar surface area (TPSA) is 75.7 Å². The van der Waals surface area contributed by atoms with Gasteiger partial charge >= 0.3 is 5.97 Å². The van der Waals surface area contributed by atoms with Crippen molar-refractivity contribution in [1.82, 2.24) is 0 Å². The van der Waals surface area contributed by atoms with Crippen molar-refractivity contribution in [2.45, 2.75) is 13.3 Å². The van der Waals surface area contributed by atoms with E-state index in [1.807, 2.05) is 0 Å². The van der Waals surface area contributed by atoms with Gasteiger partial charge in [0.05, 0.1) is 23.7 Å². The van der Waals surface area contributed by atoms with Crippen LogP contribution in [0.3, 0.4) is 0 Å². The Hall–Kier alpha value is -2.08. The Kier molecular flexibility index (Phi) is 4.47. The lowest BCUT2D eigenvalue weighted by molar-refractivity contribution is -0.145. The maximum atomic E-state index is 12.1. The maximum Gasteiger partial charge on any atom is 0.311 e. The average molecular weight is 311 g/mol. The van der Waals surface area contributed by atoms with Crippen molar-refractivity contribution in [3.8, 4) is 0 Å². The van der Waals surface area contributed by atoms with E-state index in [0.717, 1.165) is 0 Å². The molecule has 1 aliphatic rings. The van der Waals surface area contributed by atoms with Crippen LogP contribution in [0.4, 0.5) is 11.4 Å². The second-order valence-corrected chi connectivity index (χ2v) is 5.18. The van der Waals surface area contributed by atoms with E-state index in [-0.39, 0.29) is 24.8 Å². The Morgan fingerprint density at radius 2 is 2.14 bits per heavy atom.